The Kier molecular flexibility index (Phi) is 6.22. The Bertz CT molecular complexity index is 998. The summed E-state index contributed by atoms with van der Waals surface area (Å²) >= 11 is 3.15. The minimum atomic E-state index is -0.131. The normalized spacial score (nSPS) is 17.4. The Hall–Kier alpha value is -1.90. The molecule has 1 amide bonds. The zero-order valence-electron chi connectivity index (χ0n) is 17.0. The van der Waals surface area contributed by atoms with Crippen molar-refractivity contribution in [1.29, 1.82) is 0 Å². The van der Waals surface area contributed by atoms with E-state index in [1.165, 1.54) is 0 Å². The van der Waals surface area contributed by atoms with Gasteiger partial charge in [0.15, 0.2) is 10.1 Å². The lowest BCUT2D eigenvalue weighted by atomic mass is 10.1. The van der Waals surface area contributed by atoms with Crippen LogP contribution < -0.4 is 5.32 Å². The lowest BCUT2D eigenvalue weighted by Gasteiger charge is -2.20. The number of thioether (sulfide) groups is 1. The van der Waals surface area contributed by atoms with Crippen LogP contribution >= 0.6 is 23.1 Å². The van der Waals surface area contributed by atoms with E-state index >= 15 is 0 Å². The lowest BCUT2D eigenvalue weighted by Crippen LogP contribution is -2.33. The van der Waals surface area contributed by atoms with Gasteiger partial charge in [-0.05, 0) is 45.7 Å². The summed E-state index contributed by atoms with van der Waals surface area (Å²) < 4.78 is 6.86. The Morgan fingerprint density at radius 1 is 1.38 bits per heavy atom. The molecule has 1 fully saturated rings. The van der Waals surface area contributed by atoms with Crippen molar-refractivity contribution in [3.05, 3.63) is 40.6 Å². The van der Waals surface area contributed by atoms with Crippen molar-refractivity contribution in [3.63, 3.8) is 0 Å². The molecule has 2 aromatic heterocycles. The summed E-state index contributed by atoms with van der Waals surface area (Å²) in [5, 5.41) is 13.3. The van der Waals surface area contributed by atoms with E-state index in [4.69, 9.17) is 4.42 Å². The fraction of sp³-hybridized carbons (Fsp3) is 0.476. The maximum Gasteiger partial charge on any atom is 0.287 e. The molecule has 0 spiro atoms. The van der Waals surface area contributed by atoms with Crippen molar-refractivity contribution < 1.29 is 9.21 Å². The second kappa shape index (κ2) is 8.85. The van der Waals surface area contributed by atoms with Gasteiger partial charge in [0.05, 0.1) is 0 Å². The first-order valence-corrected chi connectivity index (χ1v) is 11.8. The predicted molar refractivity (Wildman–Crippen MR) is 118 cm³/mol. The standard InChI is InChI=1S/C21H26N4O2S2/c1-13(2)25-9-8-15(11-25)10-22-20(26)19-17(12-28-21-24-23-14(3)29-21)16-6-4-5-7-18(16)27-19/h4-7,13,15H,8-12H2,1-3H3,(H,22,26). The van der Waals surface area contributed by atoms with E-state index in [2.05, 4.69) is 34.3 Å². The quantitative estimate of drug-likeness (QED) is 0.562. The Balaban J connectivity index is 1.47. The Labute approximate surface area is 179 Å². The molecule has 4 rings (SSSR count). The first-order chi connectivity index (χ1) is 14.0. The summed E-state index contributed by atoms with van der Waals surface area (Å²) in [6.45, 7) is 9.21. The van der Waals surface area contributed by atoms with Gasteiger partial charge in [0.1, 0.15) is 10.6 Å². The maximum absolute atomic E-state index is 13.0. The van der Waals surface area contributed by atoms with Crippen molar-refractivity contribution >= 4 is 40.0 Å². The minimum Gasteiger partial charge on any atom is -0.451 e. The number of amides is 1. The number of nitrogens with zero attached hydrogens (tertiary/aromatic N) is 3. The van der Waals surface area contributed by atoms with Crippen LogP contribution in [0.15, 0.2) is 33.0 Å². The molecule has 1 unspecified atom stereocenters. The van der Waals surface area contributed by atoms with Gasteiger partial charge in [0.2, 0.25) is 0 Å². The first kappa shape index (κ1) is 20.4. The number of nitrogens with one attached hydrogen (secondary N) is 1. The highest BCUT2D eigenvalue weighted by molar-refractivity contribution is 8.00. The number of hydrogen-bond donors (Lipinski definition) is 1. The van der Waals surface area contributed by atoms with Gasteiger partial charge in [-0.2, -0.15) is 0 Å². The van der Waals surface area contributed by atoms with Gasteiger partial charge in [-0.3, -0.25) is 4.79 Å². The second-order valence-corrected chi connectivity index (χ2v) is 10.1. The summed E-state index contributed by atoms with van der Waals surface area (Å²) in [6.07, 6.45) is 1.12. The van der Waals surface area contributed by atoms with Crippen LogP contribution in [0.25, 0.3) is 11.0 Å². The van der Waals surface area contributed by atoms with Gasteiger partial charge in [-0.25, -0.2) is 0 Å². The van der Waals surface area contributed by atoms with Crippen LogP contribution in [0.2, 0.25) is 0 Å². The van der Waals surface area contributed by atoms with Gasteiger partial charge in [0.25, 0.3) is 5.91 Å². The van der Waals surface area contributed by atoms with Crippen LogP contribution in [0.5, 0.6) is 0 Å². The van der Waals surface area contributed by atoms with Crippen molar-refractivity contribution in [1.82, 2.24) is 20.4 Å². The molecule has 6 nitrogen and oxygen atoms in total. The average molecular weight is 431 g/mol. The van der Waals surface area contributed by atoms with E-state index in [9.17, 15) is 4.79 Å². The Morgan fingerprint density at radius 3 is 2.93 bits per heavy atom. The van der Waals surface area contributed by atoms with Crippen molar-refractivity contribution in [3.8, 4) is 0 Å². The summed E-state index contributed by atoms with van der Waals surface area (Å²) in [5.41, 5.74) is 1.67. The third-order valence-electron chi connectivity index (χ3n) is 5.35. The van der Waals surface area contributed by atoms with Crippen molar-refractivity contribution in [2.24, 2.45) is 5.92 Å². The van der Waals surface area contributed by atoms with Crippen LogP contribution in [0, 0.1) is 12.8 Å². The molecule has 3 aromatic rings. The maximum atomic E-state index is 13.0. The van der Waals surface area contributed by atoms with E-state index in [1.807, 2.05) is 31.2 Å². The van der Waals surface area contributed by atoms with Crippen molar-refractivity contribution in [2.75, 3.05) is 19.6 Å². The largest absolute Gasteiger partial charge is 0.451 e. The fourth-order valence-corrected chi connectivity index (χ4v) is 5.55. The summed E-state index contributed by atoms with van der Waals surface area (Å²) in [7, 11) is 0. The summed E-state index contributed by atoms with van der Waals surface area (Å²) in [5.74, 6) is 1.40. The second-order valence-electron chi connectivity index (χ2n) is 7.73. The monoisotopic (exact) mass is 430 g/mol. The minimum absolute atomic E-state index is 0.131. The first-order valence-electron chi connectivity index (χ1n) is 9.97. The number of rotatable bonds is 7. The van der Waals surface area contributed by atoms with E-state index < -0.39 is 0 Å². The molecular weight excluding hydrogens is 404 g/mol. The molecule has 29 heavy (non-hydrogen) atoms. The van der Waals surface area contributed by atoms with Crippen LogP contribution in [-0.2, 0) is 5.75 Å². The van der Waals surface area contributed by atoms with Gasteiger partial charge in [0, 0.05) is 35.8 Å². The number of fused-ring (bicyclic) bond motifs is 1. The number of carbonyl (C=O) groups is 1. The van der Waals surface area contributed by atoms with Crippen LogP contribution in [0.1, 0.15) is 41.4 Å². The molecule has 1 aromatic carbocycles. The number of hydrogen-bond acceptors (Lipinski definition) is 7. The van der Waals surface area contributed by atoms with Gasteiger partial charge in [-0.15, -0.1) is 10.2 Å². The molecule has 0 aliphatic carbocycles. The van der Waals surface area contributed by atoms with E-state index in [-0.39, 0.29) is 5.91 Å². The van der Waals surface area contributed by atoms with Crippen LogP contribution in [0.3, 0.4) is 0 Å². The third-order valence-corrected chi connectivity index (χ3v) is 7.35. The molecule has 154 valence electrons. The number of likely N-dealkylation sites (tertiary alicyclic amines) is 1. The fourth-order valence-electron chi connectivity index (χ4n) is 3.71. The molecule has 3 heterocycles. The van der Waals surface area contributed by atoms with Crippen LogP contribution in [0.4, 0.5) is 0 Å². The predicted octanol–water partition coefficient (Wildman–Crippen LogP) is 4.35. The highest BCUT2D eigenvalue weighted by Gasteiger charge is 2.26. The zero-order chi connectivity index (χ0) is 20.4. The molecule has 1 saturated heterocycles. The smallest absolute Gasteiger partial charge is 0.287 e. The van der Waals surface area contributed by atoms with Crippen LogP contribution in [-0.4, -0.2) is 46.7 Å². The molecule has 1 aliphatic rings. The zero-order valence-corrected chi connectivity index (χ0v) is 18.6. The Morgan fingerprint density at radius 2 is 2.21 bits per heavy atom. The van der Waals surface area contributed by atoms with Gasteiger partial charge in [-0.1, -0.05) is 41.3 Å². The van der Waals surface area contributed by atoms with E-state index in [1.54, 1.807) is 23.1 Å². The number of carbonyl (C=O) groups excluding carboxylic acids is 1. The average Bonchev–Trinajstić information content (AvgIpc) is 3.42. The molecular formula is C21H26N4O2S2. The molecule has 8 heteroatoms. The number of aryl methyl sites for hydroxylation is 1. The van der Waals surface area contributed by atoms with Gasteiger partial charge < -0.3 is 14.6 Å². The molecule has 1 N–H and O–H groups in total. The summed E-state index contributed by atoms with van der Waals surface area (Å²) in [4.78, 5) is 15.4. The molecule has 0 radical (unpaired) electrons. The lowest BCUT2D eigenvalue weighted by molar-refractivity contribution is 0.0920. The highest BCUT2D eigenvalue weighted by atomic mass is 32.2. The SMILES string of the molecule is Cc1nnc(SCc2c(C(=O)NCC3CCN(C(C)C)C3)oc3ccccc23)s1. The molecule has 1 atom stereocenters. The third kappa shape index (κ3) is 4.65. The van der Waals surface area contributed by atoms with Gasteiger partial charge >= 0.3 is 0 Å². The molecule has 0 saturated carbocycles. The van der Waals surface area contributed by atoms with Crippen molar-refractivity contribution in [2.45, 2.75) is 43.3 Å². The van der Waals surface area contributed by atoms with E-state index in [0.717, 1.165) is 45.4 Å². The van der Waals surface area contributed by atoms with E-state index in [0.29, 0.717) is 30.0 Å². The molecule has 0 bridgehead atoms. The highest BCUT2D eigenvalue weighted by Crippen LogP contribution is 2.33. The topological polar surface area (TPSA) is 71.3 Å². The number of aromatic nitrogens is 2. The summed E-state index contributed by atoms with van der Waals surface area (Å²) in [6, 6.07) is 8.37. The number of furan rings is 1. The number of para-hydroxylation sites is 1. The molecule has 1 aliphatic heterocycles. The number of benzene rings is 1.